The fourth-order valence-electron chi connectivity index (χ4n) is 0.926. The van der Waals surface area contributed by atoms with Crippen LogP contribution < -0.4 is 5.32 Å². The van der Waals surface area contributed by atoms with Gasteiger partial charge < -0.3 is 15.3 Å². The van der Waals surface area contributed by atoms with Gasteiger partial charge in [-0.05, 0) is 6.42 Å². The highest BCUT2D eigenvalue weighted by Gasteiger charge is 2.04. The van der Waals surface area contributed by atoms with Gasteiger partial charge in [-0.1, -0.05) is 6.92 Å². The number of carboxylic acid groups (broad SMARTS) is 1. The van der Waals surface area contributed by atoms with E-state index in [0.717, 1.165) is 12.5 Å². The summed E-state index contributed by atoms with van der Waals surface area (Å²) in [5, 5.41) is 10.9. The van der Waals surface area contributed by atoms with Gasteiger partial charge in [0.25, 0.3) is 0 Å². The first kappa shape index (κ1) is 12.5. The minimum Gasteiger partial charge on any atom is -0.478 e. The third-order valence-corrected chi connectivity index (χ3v) is 1.56. The quantitative estimate of drug-likeness (QED) is 0.594. The predicted octanol–water partition coefficient (Wildman–Crippen LogP) is 0.0427. The molecule has 5 heteroatoms. The first-order valence-electron chi connectivity index (χ1n) is 4.46. The molecule has 0 aliphatic carbocycles. The molecule has 0 radical (unpaired) electrons. The van der Waals surface area contributed by atoms with E-state index in [1.165, 1.54) is 6.20 Å². The number of carbonyl (C=O) groups excluding carboxylic acids is 1. The zero-order valence-corrected chi connectivity index (χ0v) is 8.49. The lowest BCUT2D eigenvalue weighted by Crippen LogP contribution is -2.32. The molecule has 0 rings (SSSR count). The van der Waals surface area contributed by atoms with Crippen molar-refractivity contribution in [3.8, 4) is 0 Å². The zero-order chi connectivity index (χ0) is 11.0. The van der Waals surface area contributed by atoms with Gasteiger partial charge in [0, 0.05) is 25.9 Å². The third-order valence-electron chi connectivity index (χ3n) is 1.56. The highest BCUT2D eigenvalue weighted by Crippen LogP contribution is 1.92. The number of hydrogen-bond donors (Lipinski definition) is 2. The van der Waals surface area contributed by atoms with E-state index in [4.69, 9.17) is 5.11 Å². The Kier molecular flexibility index (Phi) is 6.19. The zero-order valence-electron chi connectivity index (χ0n) is 8.49. The van der Waals surface area contributed by atoms with Gasteiger partial charge >= 0.3 is 5.97 Å². The van der Waals surface area contributed by atoms with Crippen LogP contribution in [0.25, 0.3) is 0 Å². The molecule has 0 saturated heterocycles. The van der Waals surface area contributed by atoms with Crippen molar-refractivity contribution in [2.75, 3.05) is 20.1 Å². The third kappa shape index (κ3) is 6.05. The van der Waals surface area contributed by atoms with E-state index in [1.54, 1.807) is 11.9 Å². The van der Waals surface area contributed by atoms with E-state index in [1.807, 2.05) is 6.92 Å². The minimum atomic E-state index is -1.01. The first-order valence-corrected chi connectivity index (χ1v) is 4.46. The normalized spacial score (nSPS) is 10.1. The first-order chi connectivity index (χ1) is 6.60. The van der Waals surface area contributed by atoms with Crippen LogP contribution in [0.3, 0.4) is 0 Å². The van der Waals surface area contributed by atoms with E-state index in [0.29, 0.717) is 6.54 Å². The van der Waals surface area contributed by atoms with Gasteiger partial charge in [0.15, 0.2) is 0 Å². The van der Waals surface area contributed by atoms with E-state index in [2.05, 4.69) is 5.32 Å². The van der Waals surface area contributed by atoms with E-state index in [-0.39, 0.29) is 12.5 Å². The molecule has 0 atom stereocenters. The summed E-state index contributed by atoms with van der Waals surface area (Å²) in [6, 6.07) is 0. The molecule has 0 unspecified atom stereocenters. The molecule has 0 aromatic carbocycles. The molecule has 0 aromatic rings. The van der Waals surface area contributed by atoms with Gasteiger partial charge in [-0.15, -0.1) is 0 Å². The topological polar surface area (TPSA) is 69.6 Å². The van der Waals surface area contributed by atoms with Gasteiger partial charge in [-0.3, -0.25) is 4.79 Å². The van der Waals surface area contributed by atoms with Gasteiger partial charge in [0.1, 0.15) is 0 Å². The highest BCUT2D eigenvalue weighted by atomic mass is 16.4. The molecule has 14 heavy (non-hydrogen) atoms. The number of aliphatic carboxylic acids is 1. The van der Waals surface area contributed by atoms with E-state index in [9.17, 15) is 9.59 Å². The Labute approximate surface area is 83.4 Å². The van der Waals surface area contributed by atoms with Crippen LogP contribution >= 0.6 is 0 Å². The van der Waals surface area contributed by atoms with Crippen molar-refractivity contribution in [3.05, 3.63) is 12.3 Å². The van der Waals surface area contributed by atoms with Crippen LogP contribution in [0.15, 0.2) is 12.3 Å². The highest BCUT2D eigenvalue weighted by molar-refractivity contribution is 5.80. The molecular formula is C9H16N2O3. The van der Waals surface area contributed by atoms with Crippen LogP contribution in [0, 0.1) is 0 Å². The number of amides is 1. The standard InChI is InChI=1S/C9H16N2O3/c1-3-5-11(6-4-9(13)14)7-8(12)10-2/h4,6H,3,5,7H2,1-2H3,(H,10,12)(H,13,14). The number of carbonyl (C=O) groups is 2. The van der Waals surface area contributed by atoms with Gasteiger partial charge in [0.05, 0.1) is 6.54 Å². The van der Waals surface area contributed by atoms with Crippen LogP contribution in [0.5, 0.6) is 0 Å². The summed E-state index contributed by atoms with van der Waals surface area (Å²) in [6.45, 7) is 2.82. The summed E-state index contributed by atoms with van der Waals surface area (Å²) in [7, 11) is 1.55. The average molecular weight is 200 g/mol. The monoisotopic (exact) mass is 200 g/mol. The molecule has 0 aliphatic rings. The summed E-state index contributed by atoms with van der Waals surface area (Å²) in [5.74, 6) is -1.14. The Bertz CT molecular complexity index is 226. The molecule has 0 spiro atoms. The Balaban J connectivity index is 4.14. The number of hydrogen-bond acceptors (Lipinski definition) is 3. The van der Waals surface area contributed by atoms with Crippen molar-refractivity contribution in [1.29, 1.82) is 0 Å². The van der Waals surface area contributed by atoms with Crippen LogP contribution in [-0.4, -0.2) is 42.0 Å². The summed E-state index contributed by atoms with van der Waals surface area (Å²) in [6.07, 6.45) is 3.31. The molecule has 0 saturated carbocycles. The smallest absolute Gasteiger partial charge is 0.329 e. The van der Waals surface area contributed by atoms with Gasteiger partial charge in [0.2, 0.25) is 5.91 Å². The molecule has 0 aliphatic heterocycles. The predicted molar refractivity (Wildman–Crippen MR) is 52.7 cm³/mol. The number of likely N-dealkylation sites (N-methyl/N-ethyl adjacent to an activating group) is 1. The van der Waals surface area contributed by atoms with Crippen LogP contribution in [0.2, 0.25) is 0 Å². The SMILES string of the molecule is CCCN(C=CC(=O)O)CC(=O)NC. The Hall–Kier alpha value is -1.52. The maximum absolute atomic E-state index is 11.0. The molecule has 1 amide bonds. The number of rotatable bonds is 6. The van der Waals surface area contributed by atoms with Crippen molar-refractivity contribution in [1.82, 2.24) is 10.2 Å². The van der Waals surface area contributed by atoms with E-state index < -0.39 is 5.97 Å². The second-order valence-electron chi connectivity index (χ2n) is 2.80. The maximum atomic E-state index is 11.0. The summed E-state index contributed by atoms with van der Waals surface area (Å²) in [4.78, 5) is 22.9. The molecule has 5 nitrogen and oxygen atoms in total. The van der Waals surface area contributed by atoms with Crippen LogP contribution in [0.4, 0.5) is 0 Å². The molecular weight excluding hydrogens is 184 g/mol. The molecule has 0 heterocycles. The second kappa shape index (κ2) is 6.94. The largest absolute Gasteiger partial charge is 0.478 e. The summed E-state index contributed by atoms with van der Waals surface area (Å²) in [5.41, 5.74) is 0. The average Bonchev–Trinajstić information content (AvgIpc) is 2.14. The van der Waals surface area contributed by atoms with Crippen LogP contribution in [0.1, 0.15) is 13.3 Å². The maximum Gasteiger partial charge on any atom is 0.329 e. The molecule has 0 aromatic heterocycles. The Morgan fingerprint density at radius 2 is 2.14 bits per heavy atom. The van der Waals surface area contributed by atoms with Crippen molar-refractivity contribution in [2.24, 2.45) is 0 Å². The van der Waals surface area contributed by atoms with Gasteiger partial charge in [-0.25, -0.2) is 4.79 Å². The lowest BCUT2D eigenvalue weighted by atomic mass is 10.4. The summed E-state index contributed by atoms with van der Waals surface area (Å²) >= 11 is 0. The molecule has 2 N–H and O–H groups in total. The lowest BCUT2D eigenvalue weighted by molar-refractivity contribution is -0.131. The Morgan fingerprint density at radius 1 is 1.50 bits per heavy atom. The van der Waals surface area contributed by atoms with Crippen molar-refractivity contribution in [3.63, 3.8) is 0 Å². The molecule has 0 fully saturated rings. The lowest BCUT2D eigenvalue weighted by Gasteiger charge is -2.17. The number of nitrogens with zero attached hydrogens (tertiary/aromatic N) is 1. The molecule has 80 valence electrons. The van der Waals surface area contributed by atoms with Crippen molar-refractivity contribution >= 4 is 11.9 Å². The Morgan fingerprint density at radius 3 is 2.57 bits per heavy atom. The molecule has 0 bridgehead atoms. The van der Waals surface area contributed by atoms with Gasteiger partial charge in [-0.2, -0.15) is 0 Å². The fourth-order valence-corrected chi connectivity index (χ4v) is 0.926. The van der Waals surface area contributed by atoms with Crippen molar-refractivity contribution < 1.29 is 14.7 Å². The second-order valence-corrected chi connectivity index (χ2v) is 2.80. The van der Waals surface area contributed by atoms with Crippen molar-refractivity contribution in [2.45, 2.75) is 13.3 Å². The van der Waals surface area contributed by atoms with Crippen LogP contribution in [-0.2, 0) is 9.59 Å². The van der Waals surface area contributed by atoms with E-state index >= 15 is 0 Å². The number of nitrogens with one attached hydrogen (secondary N) is 1. The minimum absolute atomic E-state index is 0.131. The summed E-state index contributed by atoms with van der Waals surface area (Å²) < 4.78 is 0. The number of carboxylic acids is 1. The fraction of sp³-hybridized carbons (Fsp3) is 0.556.